The van der Waals surface area contributed by atoms with Crippen molar-refractivity contribution in [2.24, 2.45) is 52.8 Å². The fourth-order valence-electron chi connectivity index (χ4n) is 14.8. The van der Waals surface area contributed by atoms with Crippen LogP contribution in [0.4, 0.5) is 0 Å². The van der Waals surface area contributed by atoms with Crippen LogP contribution in [0.1, 0.15) is 215 Å². The number of hydrogen-bond donors (Lipinski definition) is 0. The zero-order chi connectivity index (χ0) is 34.8. The lowest BCUT2D eigenvalue weighted by atomic mass is 9.52. The van der Waals surface area contributed by atoms with E-state index in [1.165, 1.54) is 173 Å². The molecule has 7 aliphatic rings. The molecule has 0 aromatic rings. The Morgan fingerprint density at radius 1 is 0.300 bits per heavy atom. The van der Waals surface area contributed by atoms with Crippen LogP contribution in [0, 0.1) is 52.8 Å². The summed E-state index contributed by atoms with van der Waals surface area (Å²) < 4.78 is 0. The van der Waals surface area contributed by atoms with E-state index in [4.69, 9.17) is 0 Å². The summed E-state index contributed by atoms with van der Waals surface area (Å²) in [5.41, 5.74) is 0.532. The minimum atomic E-state index is 0.532. The highest BCUT2D eigenvalue weighted by Crippen LogP contribution is 2.56. The Morgan fingerprint density at radius 3 is 0.760 bits per heavy atom. The van der Waals surface area contributed by atoms with Gasteiger partial charge in [-0.05, 0) is 220 Å². The van der Waals surface area contributed by atoms with Crippen LogP contribution in [0.2, 0.25) is 0 Å². The fraction of sp³-hybridized carbons (Fsp3) is 1.00. The third kappa shape index (κ3) is 8.73. The zero-order valence-electron chi connectivity index (χ0n) is 34.6. The van der Waals surface area contributed by atoms with Crippen molar-refractivity contribution in [1.82, 2.24) is 9.80 Å². The van der Waals surface area contributed by atoms with Crippen molar-refractivity contribution in [1.29, 1.82) is 0 Å². The van der Waals surface area contributed by atoms with Gasteiger partial charge in [0.1, 0.15) is 0 Å². The molecule has 0 amide bonds. The molecule has 2 atom stereocenters. The molecule has 0 aromatic carbocycles. The SMILES string of the molecule is CC1CCC(N(C2CCC(C)CC2)C2CCC(C3CCCC(C4CCC(N(C5CCC(C)CC5)C5CCC(C)CC5)CC4)C3(C)C)CC2)CC1. The van der Waals surface area contributed by atoms with Gasteiger partial charge in [-0.1, -0.05) is 48.0 Å². The Balaban J connectivity index is 0.960. The molecule has 7 fully saturated rings. The maximum Gasteiger partial charge on any atom is 0.0101 e. The highest BCUT2D eigenvalue weighted by atomic mass is 15.2. The molecule has 0 aliphatic heterocycles. The molecule has 0 spiro atoms. The minimum absolute atomic E-state index is 0.532. The van der Waals surface area contributed by atoms with E-state index in [2.05, 4.69) is 51.3 Å². The van der Waals surface area contributed by atoms with Gasteiger partial charge >= 0.3 is 0 Å². The average molecular weight is 691 g/mol. The Kier molecular flexibility index (Phi) is 13.1. The summed E-state index contributed by atoms with van der Waals surface area (Å²) >= 11 is 0. The molecule has 7 aliphatic carbocycles. The van der Waals surface area contributed by atoms with E-state index in [-0.39, 0.29) is 0 Å². The average Bonchev–Trinajstić information content (AvgIpc) is 3.12. The van der Waals surface area contributed by atoms with Crippen LogP contribution < -0.4 is 0 Å². The van der Waals surface area contributed by atoms with E-state index < -0.39 is 0 Å². The highest BCUT2D eigenvalue weighted by molar-refractivity contribution is 5.00. The maximum atomic E-state index is 3.23. The quantitative estimate of drug-likeness (QED) is 0.250. The van der Waals surface area contributed by atoms with E-state index >= 15 is 0 Å². The van der Waals surface area contributed by atoms with Gasteiger partial charge in [-0.25, -0.2) is 0 Å². The molecule has 0 saturated heterocycles. The van der Waals surface area contributed by atoms with Crippen molar-refractivity contribution in [3.05, 3.63) is 0 Å². The van der Waals surface area contributed by atoms with Crippen LogP contribution in [0.15, 0.2) is 0 Å². The van der Waals surface area contributed by atoms with Crippen LogP contribution in [-0.4, -0.2) is 46.1 Å². The van der Waals surface area contributed by atoms with Crippen LogP contribution >= 0.6 is 0 Å². The highest BCUT2D eigenvalue weighted by Gasteiger charge is 2.49. The Labute approximate surface area is 312 Å². The standard InChI is InChI=1S/C48H86N2/c1-34-10-22-40(23-11-34)49(41-24-12-35(2)13-25-41)44-30-18-38(19-31-44)46-8-7-9-47(48(46,5)6)39-20-32-45(33-21-39)50(42-26-14-36(3)15-27-42)43-28-16-37(4)17-29-43/h34-47H,7-33H2,1-6H3. The maximum absolute atomic E-state index is 3.23. The summed E-state index contributed by atoms with van der Waals surface area (Å²) in [6.45, 7) is 15.6. The predicted octanol–water partition coefficient (Wildman–Crippen LogP) is 13.5. The molecule has 0 bridgehead atoms. The second-order valence-corrected chi connectivity index (χ2v) is 21.7. The van der Waals surface area contributed by atoms with Crippen molar-refractivity contribution in [2.75, 3.05) is 0 Å². The topological polar surface area (TPSA) is 6.48 Å². The number of hydrogen-bond acceptors (Lipinski definition) is 2. The minimum Gasteiger partial charge on any atom is -0.294 e. The van der Waals surface area contributed by atoms with Gasteiger partial charge in [-0.3, -0.25) is 9.80 Å². The second-order valence-electron chi connectivity index (χ2n) is 21.7. The van der Waals surface area contributed by atoms with Gasteiger partial charge in [0.2, 0.25) is 0 Å². The molecule has 2 unspecified atom stereocenters. The fourth-order valence-corrected chi connectivity index (χ4v) is 14.8. The van der Waals surface area contributed by atoms with Crippen molar-refractivity contribution in [3.63, 3.8) is 0 Å². The van der Waals surface area contributed by atoms with Crippen LogP contribution in [0.5, 0.6) is 0 Å². The second kappa shape index (κ2) is 17.2. The first-order valence-corrected chi connectivity index (χ1v) is 23.7. The first kappa shape index (κ1) is 38.2. The van der Waals surface area contributed by atoms with Gasteiger partial charge in [0, 0.05) is 36.3 Å². The molecule has 50 heavy (non-hydrogen) atoms. The molecule has 7 saturated carbocycles. The van der Waals surface area contributed by atoms with Gasteiger partial charge < -0.3 is 0 Å². The Hall–Kier alpha value is -0.0800. The third-order valence-corrected chi connectivity index (χ3v) is 18.0. The molecule has 0 radical (unpaired) electrons. The molecule has 288 valence electrons. The molecule has 7 rings (SSSR count). The van der Waals surface area contributed by atoms with Crippen molar-refractivity contribution in [2.45, 2.75) is 251 Å². The predicted molar refractivity (Wildman–Crippen MR) is 215 cm³/mol. The first-order chi connectivity index (χ1) is 24.2. The summed E-state index contributed by atoms with van der Waals surface area (Å²) in [5, 5.41) is 0. The summed E-state index contributed by atoms with van der Waals surface area (Å²) in [5.74, 6) is 7.81. The molecular formula is C48H86N2. The van der Waals surface area contributed by atoms with Gasteiger partial charge in [0.15, 0.2) is 0 Å². The summed E-state index contributed by atoms with van der Waals surface area (Å²) in [7, 11) is 0. The molecule has 0 N–H and O–H groups in total. The van der Waals surface area contributed by atoms with E-state index in [0.717, 1.165) is 83.6 Å². The van der Waals surface area contributed by atoms with E-state index in [1.807, 2.05) is 0 Å². The lowest BCUT2D eigenvalue weighted by Gasteiger charge is -2.55. The third-order valence-electron chi connectivity index (χ3n) is 18.0. The zero-order valence-corrected chi connectivity index (χ0v) is 34.6. The summed E-state index contributed by atoms with van der Waals surface area (Å²) in [4.78, 5) is 6.46. The van der Waals surface area contributed by atoms with Gasteiger partial charge in [-0.2, -0.15) is 0 Å². The Morgan fingerprint density at radius 2 is 0.520 bits per heavy atom. The van der Waals surface area contributed by atoms with Crippen molar-refractivity contribution in [3.8, 4) is 0 Å². The van der Waals surface area contributed by atoms with Crippen LogP contribution in [-0.2, 0) is 0 Å². The molecule has 2 nitrogen and oxygen atoms in total. The summed E-state index contributed by atoms with van der Waals surface area (Å²) in [6, 6.07) is 5.38. The largest absolute Gasteiger partial charge is 0.294 e. The number of rotatable bonds is 8. The number of nitrogens with zero attached hydrogens (tertiary/aromatic N) is 2. The van der Waals surface area contributed by atoms with Crippen molar-refractivity contribution < 1.29 is 0 Å². The molecule has 0 aromatic heterocycles. The van der Waals surface area contributed by atoms with E-state index in [1.54, 1.807) is 0 Å². The molecular weight excluding hydrogens is 605 g/mol. The normalized spacial score (nSPS) is 46.6. The van der Waals surface area contributed by atoms with Crippen molar-refractivity contribution >= 4 is 0 Å². The van der Waals surface area contributed by atoms with Crippen LogP contribution in [0.3, 0.4) is 0 Å². The van der Waals surface area contributed by atoms with E-state index in [9.17, 15) is 0 Å². The molecule has 0 heterocycles. The lowest BCUT2D eigenvalue weighted by molar-refractivity contribution is -0.0543. The van der Waals surface area contributed by atoms with Gasteiger partial charge in [0.25, 0.3) is 0 Å². The van der Waals surface area contributed by atoms with Gasteiger partial charge in [-0.15, -0.1) is 0 Å². The first-order valence-electron chi connectivity index (χ1n) is 23.7. The van der Waals surface area contributed by atoms with Gasteiger partial charge in [0.05, 0.1) is 0 Å². The smallest absolute Gasteiger partial charge is 0.0101 e. The van der Waals surface area contributed by atoms with Crippen LogP contribution in [0.25, 0.3) is 0 Å². The Bertz CT molecular complexity index is 865. The van der Waals surface area contributed by atoms with E-state index in [0.29, 0.717) is 5.41 Å². The summed E-state index contributed by atoms with van der Waals surface area (Å²) in [6.07, 6.45) is 40.6. The monoisotopic (exact) mass is 691 g/mol. The lowest BCUT2D eigenvalue weighted by Crippen LogP contribution is -2.54. The molecule has 2 heteroatoms.